The van der Waals surface area contributed by atoms with Crippen LogP contribution in [0.25, 0.3) is 0 Å². The molecule has 0 atom stereocenters. The summed E-state index contributed by atoms with van der Waals surface area (Å²) in [5, 5.41) is 11.1. The number of aromatic nitrogens is 2. The van der Waals surface area contributed by atoms with Gasteiger partial charge in [-0.15, -0.1) is 10.2 Å². The number of anilines is 1. The first kappa shape index (κ1) is 21.7. The fraction of sp³-hybridized carbons (Fsp3) is 0.318. The Morgan fingerprint density at radius 3 is 2.63 bits per heavy atom. The van der Waals surface area contributed by atoms with Crippen molar-refractivity contribution in [3.8, 4) is 11.5 Å². The number of rotatable bonds is 9. The molecule has 0 spiro atoms. The number of amides is 1. The Kier molecular flexibility index (Phi) is 7.35. The summed E-state index contributed by atoms with van der Waals surface area (Å²) < 4.78 is 16.6. The number of carbonyl (C=O) groups is 1. The van der Waals surface area contributed by atoms with Crippen LogP contribution >= 0.6 is 11.8 Å². The van der Waals surface area contributed by atoms with Crippen LogP contribution in [-0.2, 0) is 11.4 Å². The SMILES string of the molecule is COc1ccc(NC(=O)CSc2nnc(COc3cc(C)ccc3C(C)C)o2)cc1. The molecule has 3 rings (SSSR count). The summed E-state index contributed by atoms with van der Waals surface area (Å²) in [4.78, 5) is 12.1. The highest BCUT2D eigenvalue weighted by molar-refractivity contribution is 7.99. The zero-order chi connectivity index (χ0) is 21.5. The summed E-state index contributed by atoms with van der Waals surface area (Å²) >= 11 is 1.18. The number of ether oxygens (including phenoxy) is 2. The molecular formula is C22H25N3O4S. The van der Waals surface area contributed by atoms with Gasteiger partial charge in [0.1, 0.15) is 11.5 Å². The van der Waals surface area contributed by atoms with E-state index < -0.39 is 0 Å². The first-order valence-corrected chi connectivity index (χ1v) is 10.6. The van der Waals surface area contributed by atoms with Gasteiger partial charge in [-0.3, -0.25) is 4.79 Å². The van der Waals surface area contributed by atoms with Crippen LogP contribution in [0, 0.1) is 6.92 Å². The number of nitrogens with one attached hydrogen (secondary N) is 1. The maximum atomic E-state index is 12.1. The minimum absolute atomic E-state index is 0.157. The molecule has 3 aromatic rings. The van der Waals surface area contributed by atoms with E-state index in [1.54, 1.807) is 31.4 Å². The number of methoxy groups -OCH3 is 1. The number of hydrogen-bond donors (Lipinski definition) is 1. The van der Waals surface area contributed by atoms with Crippen LogP contribution in [0.1, 0.15) is 36.8 Å². The van der Waals surface area contributed by atoms with E-state index in [2.05, 4.69) is 41.5 Å². The summed E-state index contributed by atoms with van der Waals surface area (Å²) in [5.74, 6) is 2.25. The van der Waals surface area contributed by atoms with Crippen LogP contribution < -0.4 is 14.8 Å². The third kappa shape index (κ3) is 6.00. The van der Waals surface area contributed by atoms with Crippen molar-refractivity contribution in [2.45, 2.75) is 38.5 Å². The van der Waals surface area contributed by atoms with E-state index in [9.17, 15) is 4.79 Å². The molecule has 1 N–H and O–H groups in total. The highest BCUT2D eigenvalue weighted by Gasteiger charge is 2.13. The predicted octanol–water partition coefficient (Wildman–Crippen LogP) is 4.82. The molecule has 0 aliphatic heterocycles. The third-order valence-electron chi connectivity index (χ3n) is 4.29. The van der Waals surface area contributed by atoms with Crippen LogP contribution in [0.2, 0.25) is 0 Å². The Labute approximate surface area is 180 Å². The van der Waals surface area contributed by atoms with E-state index in [0.717, 1.165) is 22.6 Å². The van der Waals surface area contributed by atoms with Crippen molar-refractivity contribution in [2.24, 2.45) is 0 Å². The van der Waals surface area contributed by atoms with E-state index in [0.29, 0.717) is 22.7 Å². The second-order valence-corrected chi connectivity index (χ2v) is 7.94. The van der Waals surface area contributed by atoms with Gasteiger partial charge >= 0.3 is 0 Å². The number of thioether (sulfide) groups is 1. The number of aryl methyl sites for hydroxylation is 1. The van der Waals surface area contributed by atoms with Gasteiger partial charge in [0.2, 0.25) is 5.91 Å². The fourth-order valence-electron chi connectivity index (χ4n) is 2.74. The lowest BCUT2D eigenvalue weighted by atomic mass is 10.0. The Morgan fingerprint density at radius 2 is 1.93 bits per heavy atom. The zero-order valence-corrected chi connectivity index (χ0v) is 18.3. The number of carbonyl (C=O) groups excluding carboxylic acids is 1. The van der Waals surface area contributed by atoms with Crippen LogP contribution in [-0.4, -0.2) is 29.0 Å². The molecule has 2 aromatic carbocycles. The minimum atomic E-state index is -0.164. The topological polar surface area (TPSA) is 86.5 Å². The van der Waals surface area contributed by atoms with Gasteiger partial charge in [0, 0.05) is 5.69 Å². The molecule has 30 heavy (non-hydrogen) atoms. The molecule has 0 fully saturated rings. The summed E-state index contributed by atoms with van der Waals surface area (Å²) in [6.45, 7) is 6.44. The average Bonchev–Trinajstić information content (AvgIpc) is 3.19. The second-order valence-electron chi connectivity index (χ2n) is 7.01. The number of benzene rings is 2. The van der Waals surface area contributed by atoms with Crippen LogP contribution in [0.15, 0.2) is 52.1 Å². The largest absolute Gasteiger partial charge is 0.497 e. The molecule has 0 unspecified atom stereocenters. The molecule has 1 heterocycles. The van der Waals surface area contributed by atoms with E-state index in [1.165, 1.54) is 11.8 Å². The van der Waals surface area contributed by atoms with Crippen molar-refractivity contribution in [3.63, 3.8) is 0 Å². The van der Waals surface area contributed by atoms with Gasteiger partial charge in [0.15, 0.2) is 6.61 Å². The molecule has 0 bridgehead atoms. The quantitative estimate of drug-likeness (QED) is 0.490. The molecule has 0 radical (unpaired) electrons. The third-order valence-corrected chi connectivity index (χ3v) is 5.11. The fourth-order valence-corrected chi connectivity index (χ4v) is 3.32. The predicted molar refractivity (Wildman–Crippen MR) is 116 cm³/mol. The highest BCUT2D eigenvalue weighted by Crippen LogP contribution is 2.28. The van der Waals surface area contributed by atoms with Gasteiger partial charge in [-0.05, 0) is 54.3 Å². The Morgan fingerprint density at radius 1 is 1.17 bits per heavy atom. The van der Waals surface area contributed by atoms with E-state index in [-0.39, 0.29) is 18.3 Å². The van der Waals surface area contributed by atoms with E-state index >= 15 is 0 Å². The van der Waals surface area contributed by atoms with Gasteiger partial charge < -0.3 is 19.2 Å². The van der Waals surface area contributed by atoms with Crippen molar-refractivity contribution < 1.29 is 18.7 Å². The van der Waals surface area contributed by atoms with Crippen LogP contribution in [0.3, 0.4) is 0 Å². The maximum Gasteiger partial charge on any atom is 0.277 e. The summed E-state index contributed by atoms with van der Waals surface area (Å²) in [6, 6.07) is 13.3. The number of hydrogen-bond acceptors (Lipinski definition) is 7. The first-order chi connectivity index (χ1) is 14.4. The highest BCUT2D eigenvalue weighted by atomic mass is 32.2. The summed E-state index contributed by atoms with van der Waals surface area (Å²) in [7, 11) is 1.60. The molecule has 0 saturated carbocycles. The average molecular weight is 428 g/mol. The van der Waals surface area contributed by atoms with Crippen molar-refractivity contribution in [1.82, 2.24) is 10.2 Å². The van der Waals surface area contributed by atoms with E-state index in [4.69, 9.17) is 13.9 Å². The maximum absolute atomic E-state index is 12.1. The number of nitrogens with zero attached hydrogens (tertiary/aromatic N) is 2. The minimum Gasteiger partial charge on any atom is -0.497 e. The van der Waals surface area contributed by atoms with Gasteiger partial charge in [-0.1, -0.05) is 37.7 Å². The molecule has 7 nitrogen and oxygen atoms in total. The molecule has 158 valence electrons. The summed E-state index contributed by atoms with van der Waals surface area (Å²) in [6.07, 6.45) is 0. The van der Waals surface area contributed by atoms with Crippen molar-refractivity contribution in [2.75, 3.05) is 18.2 Å². The lowest BCUT2D eigenvalue weighted by Gasteiger charge is -2.13. The molecular weight excluding hydrogens is 402 g/mol. The van der Waals surface area contributed by atoms with Crippen LogP contribution in [0.5, 0.6) is 11.5 Å². The lowest BCUT2D eigenvalue weighted by molar-refractivity contribution is -0.113. The standard InChI is InChI=1S/C22H25N3O4S/c1-14(2)18-10-5-15(3)11-19(18)28-12-21-24-25-22(29-21)30-13-20(26)23-16-6-8-17(27-4)9-7-16/h5-11,14H,12-13H2,1-4H3,(H,23,26). The summed E-state index contributed by atoms with van der Waals surface area (Å²) in [5.41, 5.74) is 2.95. The molecule has 1 amide bonds. The monoisotopic (exact) mass is 427 g/mol. The van der Waals surface area contributed by atoms with Gasteiger partial charge in [-0.25, -0.2) is 0 Å². The normalized spacial score (nSPS) is 10.8. The molecule has 8 heteroatoms. The van der Waals surface area contributed by atoms with Gasteiger partial charge in [0.05, 0.1) is 12.9 Å². The van der Waals surface area contributed by atoms with Gasteiger partial charge in [0.25, 0.3) is 11.1 Å². The molecule has 0 saturated heterocycles. The molecule has 0 aliphatic rings. The Hall–Kier alpha value is -3.00. The Bertz CT molecular complexity index is 986. The smallest absolute Gasteiger partial charge is 0.277 e. The van der Waals surface area contributed by atoms with Crippen molar-refractivity contribution in [3.05, 3.63) is 59.5 Å². The van der Waals surface area contributed by atoms with Crippen molar-refractivity contribution >= 4 is 23.4 Å². The Balaban J connectivity index is 1.50. The second kappa shape index (κ2) is 10.2. The van der Waals surface area contributed by atoms with E-state index in [1.807, 2.05) is 13.0 Å². The van der Waals surface area contributed by atoms with Gasteiger partial charge in [-0.2, -0.15) is 0 Å². The van der Waals surface area contributed by atoms with Crippen molar-refractivity contribution in [1.29, 1.82) is 0 Å². The lowest BCUT2D eigenvalue weighted by Crippen LogP contribution is -2.13. The van der Waals surface area contributed by atoms with Crippen LogP contribution in [0.4, 0.5) is 5.69 Å². The molecule has 1 aromatic heterocycles. The molecule has 0 aliphatic carbocycles. The zero-order valence-electron chi connectivity index (χ0n) is 17.5. The first-order valence-electron chi connectivity index (χ1n) is 9.57.